The van der Waals surface area contributed by atoms with Crippen LogP contribution in [0.4, 0.5) is 15.8 Å². The molecule has 2 rings (SSSR count). The fourth-order valence-electron chi connectivity index (χ4n) is 1.66. The molecule has 21 heavy (non-hydrogen) atoms. The molecule has 0 saturated carbocycles. The Labute approximate surface area is 127 Å². The lowest BCUT2D eigenvalue weighted by Gasteiger charge is -2.08. The van der Waals surface area contributed by atoms with Crippen LogP contribution in [0.15, 0.2) is 53.4 Å². The minimum atomic E-state index is -3.51. The van der Waals surface area contributed by atoms with Crippen molar-refractivity contribution >= 4 is 33.2 Å². The highest BCUT2D eigenvalue weighted by Gasteiger charge is 2.11. The van der Waals surface area contributed by atoms with Gasteiger partial charge in [-0.1, -0.05) is 18.2 Å². The summed E-state index contributed by atoms with van der Waals surface area (Å²) in [6.45, 7) is 0. The van der Waals surface area contributed by atoms with Gasteiger partial charge in [0.1, 0.15) is 5.82 Å². The van der Waals surface area contributed by atoms with Crippen molar-refractivity contribution in [2.45, 2.75) is 4.90 Å². The van der Waals surface area contributed by atoms with Crippen LogP contribution in [0.1, 0.15) is 0 Å². The fraction of sp³-hybridized carbons (Fsp3) is 0.143. The van der Waals surface area contributed by atoms with Gasteiger partial charge in [0.05, 0.1) is 11.4 Å². The summed E-state index contributed by atoms with van der Waals surface area (Å²) in [7, 11) is -3.51. The van der Waals surface area contributed by atoms with E-state index in [1.807, 2.05) is 18.2 Å². The maximum atomic E-state index is 13.0. The Kier molecular flexibility index (Phi) is 5.08. The van der Waals surface area contributed by atoms with E-state index < -0.39 is 15.8 Å². The van der Waals surface area contributed by atoms with E-state index in [0.29, 0.717) is 11.4 Å². The Balaban J connectivity index is 1.91. The first-order valence-electron chi connectivity index (χ1n) is 6.20. The highest BCUT2D eigenvalue weighted by molar-refractivity contribution is 8.01. The van der Waals surface area contributed by atoms with Gasteiger partial charge >= 0.3 is 0 Å². The molecule has 2 aromatic carbocycles. The van der Waals surface area contributed by atoms with Crippen molar-refractivity contribution in [3.63, 3.8) is 0 Å². The summed E-state index contributed by atoms with van der Waals surface area (Å²) in [4.78, 5) is 0.846. The maximum absolute atomic E-state index is 13.0. The molecule has 0 aromatic heterocycles. The topological polar surface area (TPSA) is 72.2 Å². The average molecular weight is 326 g/mol. The van der Waals surface area contributed by atoms with Gasteiger partial charge < -0.3 is 5.73 Å². The molecule has 112 valence electrons. The van der Waals surface area contributed by atoms with E-state index in [2.05, 4.69) is 4.72 Å². The summed E-state index contributed by atoms with van der Waals surface area (Å²) in [5.41, 5.74) is 6.63. The van der Waals surface area contributed by atoms with Crippen LogP contribution in [0.25, 0.3) is 0 Å². The van der Waals surface area contributed by atoms with Crippen molar-refractivity contribution in [3.8, 4) is 0 Å². The number of para-hydroxylation sites is 1. The molecule has 0 aliphatic rings. The SMILES string of the molecule is Nc1ccccc1SCCS(=O)(=O)Nc1cccc(F)c1. The molecule has 7 heteroatoms. The smallest absolute Gasteiger partial charge is 0.233 e. The maximum Gasteiger partial charge on any atom is 0.233 e. The van der Waals surface area contributed by atoms with Crippen molar-refractivity contribution in [1.29, 1.82) is 0 Å². The summed E-state index contributed by atoms with van der Waals surface area (Å²) in [5.74, 6) is -0.205. The van der Waals surface area contributed by atoms with Gasteiger partial charge in [0.2, 0.25) is 10.0 Å². The predicted octanol–water partition coefficient (Wildman–Crippen LogP) is 2.94. The number of sulfonamides is 1. The van der Waals surface area contributed by atoms with Crippen LogP contribution in [-0.4, -0.2) is 19.9 Å². The number of anilines is 2. The van der Waals surface area contributed by atoms with Crippen LogP contribution in [0.2, 0.25) is 0 Å². The van der Waals surface area contributed by atoms with Gasteiger partial charge in [-0.15, -0.1) is 11.8 Å². The van der Waals surface area contributed by atoms with Gasteiger partial charge in [-0.25, -0.2) is 12.8 Å². The van der Waals surface area contributed by atoms with Crippen molar-refractivity contribution in [2.24, 2.45) is 0 Å². The monoisotopic (exact) mass is 326 g/mol. The molecule has 0 heterocycles. The van der Waals surface area contributed by atoms with Crippen molar-refractivity contribution in [1.82, 2.24) is 0 Å². The second-order valence-electron chi connectivity index (χ2n) is 4.32. The summed E-state index contributed by atoms with van der Waals surface area (Å²) < 4.78 is 39.2. The normalized spacial score (nSPS) is 11.3. The van der Waals surface area contributed by atoms with Crippen molar-refractivity contribution in [3.05, 3.63) is 54.3 Å². The number of nitrogens with one attached hydrogen (secondary N) is 1. The van der Waals surface area contributed by atoms with Gasteiger partial charge in [0.15, 0.2) is 0 Å². The molecule has 2 aromatic rings. The molecule has 0 spiro atoms. The predicted molar refractivity (Wildman–Crippen MR) is 85.4 cm³/mol. The van der Waals surface area contributed by atoms with E-state index in [1.165, 1.54) is 30.0 Å². The molecule has 0 saturated heterocycles. The van der Waals surface area contributed by atoms with Gasteiger partial charge in [-0.05, 0) is 30.3 Å². The molecular formula is C14H15FN2O2S2. The molecule has 0 aliphatic carbocycles. The summed E-state index contributed by atoms with van der Waals surface area (Å²) in [6.07, 6.45) is 0. The number of nitrogen functional groups attached to an aromatic ring is 1. The first kappa shape index (κ1) is 15.7. The Morgan fingerprint density at radius 2 is 1.90 bits per heavy atom. The van der Waals surface area contributed by atoms with Crippen LogP contribution in [-0.2, 0) is 10.0 Å². The van der Waals surface area contributed by atoms with Crippen molar-refractivity contribution in [2.75, 3.05) is 22.0 Å². The minimum Gasteiger partial charge on any atom is -0.398 e. The van der Waals surface area contributed by atoms with Crippen LogP contribution in [0, 0.1) is 5.82 Å². The standard InChI is InChI=1S/C14H15FN2O2S2/c15-11-4-3-5-12(10-11)17-21(18,19)9-8-20-14-7-2-1-6-13(14)16/h1-7,10,17H,8-9,16H2. The lowest BCUT2D eigenvalue weighted by Crippen LogP contribution is -2.18. The number of nitrogens with two attached hydrogens (primary N) is 1. The van der Waals surface area contributed by atoms with E-state index in [4.69, 9.17) is 5.73 Å². The van der Waals surface area contributed by atoms with Crippen LogP contribution < -0.4 is 10.5 Å². The van der Waals surface area contributed by atoms with Gasteiger partial charge in [-0.2, -0.15) is 0 Å². The molecule has 0 unspecified atom stereocenters. The van der Waals surface area contributed by atoms with E-state index >= 15 is 0 Å². The molecule has 4 nitrogen and oxygen atoms in total. The Morgan fingerprint density at radius 1 is 1.14 bits per heavy atom. The molecule has 0 atom stereocenters. The van der Waals surface area contributed by atoms with E-state index in [9.17, 15) is 12.8 Å². The average Bonchev–Trinajstić information content (AvgIpc) is 2.40. The zero-order valence-corrected chi connectivity index (χ0v) is 12.8. The number of hydrogen-bond acceptors (Lipinski definition) is 4. The zero-order valence-electron chi connectivity index (χ0n) is 11.1. The molecule has 3 N–H and O–H groups in total. The summed E-state index contributed by atoms with van der Waals surface area (Å²) in [6, 6.07) is 12.6. The van der Waals surface area contributed by atoms with Gasteiger partial charge in [0.25, 0.3) is 0 Å². The third-order valence-electron chi connectivity index (χ3n) is 2.63. The lowest BCUT2D eigenvalue weighted by atomic mass is 10.3. The van der Waals surface area contributed by atoms with Crippen molar-refractivity contribution < 1.29 is 12.8 Å². The highest BCUT2D eigenvalue weighted by Crippen LogP contribution is 2.24. The van der Waals surface area contributed by atoms with Crippen LogP contribution in [0.5, 0.6) is 0 Å². The molecule has 0 amide bonds. The van der Waals surface area contributed by atoms with Crippen LogP contribution in [0.3, 0.4) is 0 Å². The number of benzene rings is 2. The molecule has 0 fully saturated rings. The van der Waals surface area contributed by atoms with E-state index in [0.717, 1.165) is 11.0 Å². The minimum absolute atomic E-state index is 0.0808. The first-order valence-corrected chi connectivity index (χ1v) is 8.83. The van der Waals surface area contributed by atoms with Gasteiger partial charge in [0, 0.05) is 16.3 Å². The summed E-state index contributed by atoms with van der Waals surface area (Å²) >= 11 is 1.37. The molecule has 0 bridgehead atoms. The number of halogens is 1. The molecule has 0 aliphatic heterocycles. The Bertz CT molecular complexity index is 720. The first-order chi connectivity index (χ1) is 9.96. The Morgan fingerprint density at radius 3 is 2.62 bits per heavy atom. The molecule has 0 radical (unpaired) electrons. The summed E-state index contributed by atoms with van der Waals surface area (Å²) in [5, 5.41) is 0. The zero-order chi connectivity index (χ0) is 15.3. The second-order valence-corrected chi connectivity index (χ2v) is 7.30. The lowest BCUT2D eigenvalue weighted by molar-refractivity contribution is 0.602. The van der Waals surface area contributed by atoms with Gasteiger partial charge in [-0.3, -0.25) is 4.72 Å². The van der Waals surface area contributed by atoms with Crippen LogP contribution >= 0.6 is 11.8 Å². The second kappa shape index (κ2) is 6.82. The quantitative estimate of drug-likeness (QED) is 0.632. The Hall–Kier alpha value is -1.73. The number of hydrogen-bond donors (Lipinski definition) is 2. The third kappa shape index (κ3) is 4.95. The van der Waals surface area contributed by atoms with E-state index in [1.54, 1.807) is 6.07 Å². The third-order valence-corrected chi connectivity index (χ3v) is 5.26. The largest absolute Gasteiger partial charge is 0.398 e. The van der Waals surface area contributed by atoms with E-state index in [-0.39, 0.29) is 11.4 Å². The highest BCUT2D eigenvalue weighted by atomic mass is 32.2. The molecular weight excluding hydrogens is 311 g/mol. The fourth-order valence-corrected chi connectivity index (χ4v) is 4.08. The number of rotatable bonds is 6. The number of thioether (sulfide) groups is 1.